The predicted octanol–water partition coefficient (Wildman–Crippen LogP) is 10.6. The maximum Gasteiger partial charge on any atom is 0.306 e. The number of ether oxygens (including phenoxy) is 2. The Balaban J connectivity index is 4.10. The third-order valence-electron chi connectivity index (χ3n) is 9.13. The standard InChI is InChI=1S/C40H80NO8P/c1-6-8-10-12-13-14-15-16-17-18-19-20-21-22-23-24-25-26-27-29-31-33-40(43)49-38(36-46-39(42)32-30-28-11-9-7-2)37-48-50(44,45)47-35-34-41(3,4)5/h38H,6-37H2,1-5H3. The number of hydrogen-bond donors (Lipinski definition) is 0. The van der Waals surface area contributed by atoms with Crippen molar-refractivity contribution in [2.75, 3.05) is 47.5 Å². The number of unbranched alkanes of at least 4 members (excludes halogenated alkanes) is 24. The van der Waals surface area contributed by atoms with Crippen LogP contribution in [0.4, 0.5) is 0 Å². The summed E-state index contributed by atoms with van der Waals surface area (Å²) in [5, 5.41) is 0. The van der Waals surface area contributed by atoms with Gasteiger partial charge in [0.15, 0.2) is 6.10 Å². The van der Waals surface area contributed by atoms with Crippen LogP contribution >= 0.6 is 7.82 Å². The minimum Gasteiger partial charge on any atom is -0.756 e. The maximum atomic E-state index is 12.6. The Hall–Kier alpha value is -0.990. The quantitative estimate of drug-likeness (QED) is 0.0267. The highest BCUT2D eigenvalue weighted by Crippen LogP contribution is 2.38. The van der Waals surface area contributed by atoms with Gasteiger partial charge in [0.05, 0.1) is 27.7 Å². The molecular formula is C40H80NO8P. The van der Waals surface area contributed by atoms with Gasteiger partial charge >= 0.3 is 11.9 Å². The maximum absolute atomic E-state index is 12.6. The number of quaternary nitrogens is 1. The fraction of sp³-hybridized carbons (Fsp3) is 0.950. The molecule has 9 nitrogen and oxygen atoms in total. The second-order valence-electron chi connectivity index (χ2n) is 15.4. The lowest BCUT2D eigenvalue weighted by Gasteiger charge is -2.28. The van der Waals surface area contributed by atoms with Crippen LogP contribution in [0.15, 0.2) is 0 Å². The van der Waals surface area contributed by atoms with Crippen molar-refractivity contribution in [1.29, 1.82) is 0 Å². The van der Waals surface area contributed by atoms with E-state index in [2.05, 4.69) is 13.8 Å². The predicted molar refractivity (Wildman–Crippen MR) is 204 cm³/mol. The first-order valence-corrected chi connectivity index (χ1v) is 22.2. The normalized spacial score (nSPS) is 13.6. The van der Waals surface area contributed by atoms with Crippen molar-refractivity contribution in [2.45, 2.75) is 200 Å². The van der Waals surface area contributed by atoms with Crippen LogP contribution < -0.4 is 4.89 Å². The average Bonchev–Trinajstić information content (AvgIpc) is 3.06. The highest BCUT2D eigenvalue weighted by Gasteiger charge is 2.21. The zero-order chi connectivity index (χ0) is 37.2. The number of phosphoric ester groups is 1. The Kier molecular flexibility index (Phi) is 33.2. The topological polar surface area (TPSA) is 111 Å². The zero-order valence-electron chi connectivity index (χ0n) is 33.4. The highest BCUT2D eigenvalue weighted by atomic mass is 31.2. The third kappa shape index (κ3) is 36.8. The van der Waals surface area contributed by atoms with E-state index in [-0.39, 0.29) is 26.1 Å². The average molecular weight is 734 g/mol. The van der Waals surface area contributed by atoms with E-state index in [4.69, 9.17) is 18.5 Å². The molecule has 0 aromatic heterocycles. The molecule has 0 amide bonds. The molecule has 298 valence electrons. The van der Waals surface area contributed by atoms with E-state index in [1.165, 1.54) is 116 Å². The van der Waals surface area contributed by atoms with E-state index in [0.717, 1.165) is 44.9 Å². The number of phosphoric acid groups is 1. The molecule has 0 heterocycles. The molecule has 0 aliphatic heterocycles. The molecule has 0 aromatic carbocycles. The van der Waals surface area contributed by atoms with Crippen molar-refractivity contribution in [3.63, 3.8) is 0 Å². The zero-order valence-corrected chi connectivity index (χ0v) is 34.3. The fourth-order valence-corrected chi connectivity index (χ4v) is 6.56. The molecule has 0 aliphatic rings. The molecule has 0 aliphatic carbocycles. The monoisotopic (exact) mass is 734 g/mol. The van der Waals surface area contributed by atoms with Gasteiger partial charge in [-0.1, -0.05) is 168 Å². The largest absolute Gasteiger partial charge is 0.756 e. The molecule has 2 atom stereocenters. The van der Waals surface area contributed by atoms with Gasteiger partial charge in [0.1, 0.15) is 19.8 Å². The van der Waals surface area contributed by atoms with Crippen LogP contribution in [0.3, 0.4) is 0 Å². The lowest BCUT2D eigenvalue weighted by molar-refractivity contribution is -0.870. The first-order chi connectivity index (χ1) is 24.0. The van der Waals surface area contributed by atoms with Crippen LogP contribution in [0.25, 0.3) is 0 Å². The number of nitrogens with zero attached hydrogens (tertiary/aromatic N) is 1. The van der Waals surface area contributed by atoms with Gasteiger partial charge in [0, 0.05) is 12.8 Å². The number of rotatable bonds is 38. The second-order valence-corrected chi connectivity index (χ2v) is 16.8. The van der Waals surface area contributed by atoms with E-state index in [9.17, 15) is 19.0 Å². The van der Waals surface area contributed by atoms with Crippen molar-refractivity contribution in [3.8, 4) is 0 Å². The van der Waals surface area contributed by atoms with E-state index >= 15 is 0 Å². The minimum atomic E-state index is -4.60. The Bertz CT molecular complexity index is 835. The molecule has 0 fully saturated rings. The van der Waals surface area contributed by atoms with Gasteiger partial charge in [-0.05, 0) is 12.8 Å². The molecule has 0 saturated heterocycles. The first kappa shape index (κ1) is 49.0. The summed E-state index contributed by atoms with van der Waals surface area (Å²) < 4.78 is 33.6. The SMILES string of the molecule is CCCCCCCCCCCCCCCCCCCCCCCC(=O)OC(COC(=O)CCCCCCC)COP(=O)([O-])OCC[N+](C)(C)C. The summed E-state index contributed by atoms with van der Waals surface area (Å²) in [4.78, 5) is 37.1. The molecule has 10 heteroatoms. The third-order valence-corrected chi connectivity index (χ3v) is 10.1. The van der Waals surface area contributed by atoms with Crippen molar-refractivity contribution in [3.05, 3.63) is 0 Å². The van der Waals surface area contributed by atoms with Crippen LogP contribution in [0, 0.1) is 0 Å². The molecule has 0 radical (unpaired) electrons. The number of likely N-dealkylation sites (N-methyl/N-ethyl adjacent to an activating group) is 1. The Morgan fingerprint density at radius 3 is 1.28 bits per heavy atom. The van der Waals surface area contributed by atoms with Gasteiger partial charge in [-0.3, -0.25) is 14.2 Å². The summed E-state index contributed by atoms with van der Waals surface area (Å²) in [6.07, 6.45) is 31.8. The van der Waals surface area contributed by atoms with Gasteiger partial charge < -0.3 is 27.9 Å². The van der Waals surface area contributed by atoms with Crippen LogP contribution in [0.2, 0.25) is 0 Å². The van der Waals surface area contributed by atoms with E-state index in [1.54, 1.807) is 0 Å². The fourth-order valence-electron chi connectivity index (χ4n) is 5.83. The van der Waals surface area contributed by atoms with Gasteiger partial charge in [0.25, 0.3) is 7.82 Å². The summed E-state index contributed by atoms with van der Waals surface area (Å²) in [7, 11) is 1.18. The molecule has 50 heavy (non-hydrogen) atoms. The van der Waals surface area contributed by atoms with E-state index in [0.29, 0.717) is 17.4 Å². The van der Waals surface area contributed by atoms with Crippen LogP contribution in [-0.2, 0) is 32.7 Å². The molecular weight excluding hydrogens is 653 g/mol. The summed E-state index contributed by atoms with van der Waals surface area (Å²) in [5.41, 5.74) is 0. The van der Waals surface area contributed by atoms with Crippen molar-refractivity contribution >= 4 is 19.8 Å². The smallest absolute Gasteiger partial charge is 0.306 e. The molecule has 0 aromatic rings. The van der Waals surface area contributed by atoms with Crippen molar-refractivity contribution in [2.24, 2.45) is 0 Å². The second kappa shape index (κ2) is 33.8. The summed E-state index contributed by atoms with van der Waals surface area (Å²) in [6.45, 7) is 4.15. The molecule has 2 unspecified atom stereocenters. The summed E-state index contributed by atoms with van der Waals surface area (Å²) in [5.74, 6) is -0.838. The lowest BCUT2D eigenvalue weighted by atomic mass is 10.0. The lowest BCUT2D eigenvalue weighted by Crippen LogP contribution is -2.37. The van der Waals surface area contributed by atoms with Crippen molar-refractivity contribution < 1.29 is 42.1 Å². The first-order valence-electron chi connectivity index (χ1n) is 20.7. The summed E-state index contributed by atoms with van der Waals surface area (Å²) >= 11 is 0. The van der Waals surface area contributed by atoms with E-state index in [1.807, 2.05) is 21.1 Å². The molecule has 0 bridgehead atoms. The highest BCUT2D eigenvalue weighted by molar-refractivity contribution is 7.45. The molecule has 0 saturated carbocycles. The number of hydrogen-bond acceptors (Lipinski definition) is 8. The van der Waals surface area contributed by atoms with Gasteiger partial charge in [-0.15, -0.1) is 0 Å². The van der Waals surface area contributed by atoms with Crippen LogP contribution in [0.5, 0.6) is 0 Å². The minimum absolute atomic E-state index is 0.0266. The number of esters is 2. The molecule has 0 spiro atoms. The Morgan fingerprint density at radius 2 is 0.900 bits per heavy atom. The Morgan fingerprint density at radius 1 is 0.540 bits per heavy atom. The van der Waals surface area contributed by atoms with Gasteiger partial charge in [-0.25, -0.2) is 0 Å². The molecule has 0 rings (SSSR count). The van der Waals surface area contributed by atoms with Crippen LogP contribution in [-0.4, -0.2) is 70.0 Å². The van der Waals surface area contributed by atoms with Crippen LogP contribution in [0.1, 0.15) is 194 Å². The van der Waals surface area contributed by atoms with Crippen molar-refractivity contribution in [1.82, 2.24) is 0 Å². The summed E-state index contributed by atoms with van der Waals surface area (Å²) in [6, 6.07) is 0. The number of carbonyl (C=O) groups excluding carboxylic acids is 2. The Labute approximate surface area is 308 Å². The number of carbonyl (C=O) groups is 2. The van der Waals surface area contributed by atoms with Gasteiger partial charge in [0.2, 0.25) is 0 Å². The van der Waals surface area contributed by atoms with Gasteiger partial charge in [-0.2, -0.15) is 0 Å². The van der Waals surface area contributed by atoms with E-state index < -0.39 is 32.5 Å². The molecule has 0 N–H and O–H groups in total.